The van der Waals surface area contributed by atoms with Gasteiger partial charge in [0.25, 0.3) is 5.95 Å². The summed E-state index contributed by atoms with van der Waals surface area (Å²) in [7, 11) is 0. The van der Waals surface area contributed by atoms with Gasteiger partial charge < -0.3 is 10.6 Å². The third-order valence-corrected chi connectivity index (χ3v) is 4.40. The molecule has 3 aromatic rings. The quantitative estimate of drug-likeness (QED) is 0.676. The van der Waals surface area contributed by atoms with Crippen LogP contribution in [0.25, 0.3) is 5.95 Å². The van der Waals surface area contributed by atoms with E-state index in [0.717, 1.165) is 5.56 Å². The summed E-state index contributed by atoms with van der Waals surface area (Å²) < 4.78 is 16.0. The second kappa shape index (κ2) is 7.56. The lowest BCUT2D eigenvalue weighted by atomic mass is 10.2. The van der Waals surface area contributed by atoms with Crippen LogP contribution in [0, 0.1) is 12.7 Å². The molecule has 0 saturated heterocycles. The third kappa shape index (κ3) is 3.85. The molecule has 0 bridgehead atoms. The number of aryl methyl sites for hydroxylation is 1. The minimum Gasteiger partial charge on any atom is -0.328 e. The fourth-order valence-corrected chi connectivity index (χ4v) is 2.59. The van der Waals surface area contributed by atoms with E-state index in [1.54, 1.807) is 38.4 Å². The van der Waals surface area contributed by atoms with E-state index in [1.807, 2.05) is 0 Å². The second-order valence-corrected chi connectivity index (χ2v) is 6.33. The number of urea groups is 1. The zero-order valence-corrected chi connectivity index (χ0v) is 15.5. The van der Waals surface area contributed by atoms with Crippen molar-refractivity contribution >= 4 is 27.6 Å². The van der Waals surface area contributed by atoms with Crippen LogP contribution in [0.5, 0.6) is 0 Å². The van der Waals surface area contributed by atoms with Gasteiger partial charge in [0.1, 0.15) is 12.1 Å². The van der Waals surface area contributed by atoms with Crippen LogP contribution in [0.4, 0.5) is 14.9 Å². The average Bonchev–Trinajstić information content (AvgIpc) is 3.10. The van der Waals surface area contributed by atoms with Crippen LogP contribution < -0.4 is 10.6 Å². The van der Waals surface area contributed by atoms with Gasteiger partial charge in [-0.3, -0.25) is 0 Å². The molecule has 0 fully saturated rings. The Morgan fingerprint density at radius 1 is 1.27 bits per heavy atom. The number of aromatic nitrogens is 5. The van der Waals surface area contributed by atoms with Gasteiger partial charge in [0.2, 0.25) is 0 Å². The first kappa shape index (κ1) is 17.9. The van der Waals surface area contributed by atoms with Crippen LogP contribution in [-0.4, -0.2) is 30.8 Å². The van der Waals surface area contributed by atoms with E-state index >= 15 is 0 Å². The lowest BCUT2D eigenvalue weighted by molar-refractivity contribution is 0.248. The molecule has 2 heterocycles. The van der Waals surface area contributed by atoms with Crippen LogP contribution in [0.1, 0.15) is 24.4 Å². The molecule has 0 unspecified atom stereocenters. The molecule has 1 atom stereocenters. The Morgan fingerprint density at radius 2 is 2.00 bits per heavy atom. The van der Waals surface area contributed by atoms with Gasteiger partial charge in [0.15, 0.2) is 5.82 Å². The maximum absolute atomic E-state index is 14.0. The molecule has 2 aromatic heterocycles. The third-order valence-electron chi connectivity index (χ3n) is 3.55. The molecule has 1 aromatic carbocycles. The van der Waals surface area contributed by atoms with E-state index in [4.69, 9.17) is 0 Å². The lowest BCUT2D eigenvalue weighted by Gasteiger charge is -2.15. The van der Waals surface area contributed by atoms with Gasteiger partial charge in [-0.1, -0.05) is 15.9 Å². The summed E-state index contributed by atoms with van der Waals surface area (Å²) in [6.07, 6.45) is 4.51. The van der Waals surface area contributed by atoms with E-state index < -0.39 is 17.9 Å². The number of hydrogen-bond donors (Lipinski definition) is 2. The number of carbonyl (C=O) groups is 1. The Morgan fingerprint density at radius 3 is 2.73 bits per heavy atom. The molecule has 2 amide bonds. The normalized spacial score (nSPS) is 11.8. The highest BCUT2D eigenvalue weighted by molar-refractivity contribution is 9.10. The van der Waals surface area contributed by atoms with Gasteiger partial charge >= 0.3 is 6.03 Å². The van der Waals surface area contributed by atoms with Crippen molar-refractivity contribution in [3.05, 3.63) is 58.6 Å². The van der Waals surface area contributed by atoms with Crippen LogP contribution >= 0.6 is 15.9 Å². The Balaban J connectivity index is 1.73. The number of nitrogens with zero attached hydrogens (tertiary/aromatic N) is 5. The molecule has 0 aliphatic carbocycles. The highest BCUT2D eigenvalue weighted by Crippen LogP contribution is 2.24. The molecule has 2 N–H and O–H groups in total. The van der Waals surface area contributed by atoms with Crippen molar-refractivity contribution in [3.8, 4) is 5.95 Å². The minimum absolute atomic E-state index is 0.0864. The summed E-state index contributed by atoms with van der Waals surface area (Å²) in [4.78, 5) is 24.6. The standard InChI is InChI=1S/C16H15BrFN7O/c1-9-6-13(12(18)7-11(9)17)24-16(26)23-10(2)14-21-8-22-25(14)15-19-4-3-5-20-15/h3-8,10H,1-2H3,(H2,23,24,26)/t10-/m0/s1. The van der Waals surface area contributed by atoms with Gasteiger partial charge in [-0.05, 0) is 37.6 Å². The van der Waals surface area contributed by atoms with Crippen molar-refractivity contribution < 1.29 is 9.18 Å². The predicted molar refractivity (Wildman–Crippen MR) is 96.4 cm³/mol. The van der Waals surface area contributed by atoms with Crippen molar-refractivity contribution in [2.24, 2.45) is 0 Å². The van der Waals surface area contributed by atoms with Gasteiger partial charge in [0.05, 0.1) is 11.7 Å². The number of nitrogens with one attached hydrogen (secondary N) is 2. The Bertz CT molecular complexity index is 932. The number of carbonyl (C=O) groups excluding carboxylic acids is 1. The van der Waals surface area contributed by atoms with Crippen LogP contribution in [0.3, 0.4) is 0 Å². The van der Waals surface area contributed by atoms with Gasteiger partial charge in [-0.15, -0.1) is 0 Å². The molecule has 26 heavy (non-hydrogen) atoms. The number of amides is 2. The summed E-state index contributed by atoms with van der Waals surface area (Å²) in [6, 6.07) is 3.45. The molecule has 134 valence electrons. The van der Waals surface area contributed by atoms with E-state index in [2.05, 4.69) is 46.6 Å². The summed E-state index contributed by atoms with van der Waals surface area (Å²) >= 11 is 3.24. The van der Waals surface area contributed by atoms with Crippen molar-refractivity contribution in [1.29, 1.82) is 0 Å². The Kier molecular flexibility index (Phi) is 5.21. The van der Waals surface area contributed by atoms with E-state index in [9.17, 15) is 9.18 Å². The molecule has 8 nitrogen and oxygen atoms in total. The lowest BCUT2D eigenvalue weighted by Crippen LogP contribution is -2.33. The van der Waals surface area contributed by atoms with Crippen LogP contribution in [0.15, 0.2) is 41.4 Å². The molecular weight excluding hydrogens is 405 g/mol. The SMILES string of the molecule is Cc1cc(NC(=O)N[C@@H](C)c2ncnn2-c2ncccn2)c(F)cc1Br. The second-order valence-electron chi connectivity index (χ2n) is 5.48. The van der Waals surface area contributed by atoms with Crippen molar-refractivity contribution in [2.75, 3.05) is 5.32 Å². The first-order chi connectivity index (χ1) is 12.5. The fourth-order valence-electron chi connectivity index (χ4n) is 2.27. The Hall–Kier alpha value is -2.88. The van der Waals surface area contributed by atoms with Gasteiger partial charge in [0, 0.05) is 16.9 Å². The molecule has 0 aliphatic rings. The predicted octanol–water partition coefficient (Wildman–Crippen LogP) is 3.15. The summed E-state index contributed by atoms with van der Waals surface area (Å²) in [5.41, 5.74) is 0.888. The Labute approximate surface area is 157 Å². The average molecular weight is 420 g/mol. The highest BCUT2D eigenvalue weighted by atomic mass is 79.9. The fraction of sp³-hybridized carbons (Fsp3) is 0.188. The first-order valence-corrected chi connectivity index (χ1v) is 8.45. The number of anilines is 1. The van der Waals surface area contributed by atoms with Gasteiger partial charge in [-0.25, -0.2) is 24.1 Å². The van der Waals surface area contributed by atoms with E-state index in [-0.39, 0.29) is 5.69 Å². The van der Waals surface area contributed by atoms with Crippen molar-refractivity contribution in [3.63, 3.8) is 0 Å². The highest BCUT2D eigenvalue weighted by Gasteiger charge is 2.18. The van der Waals surface area contributed by atoms with E-state index in [1.165, 1.54) is 17.1 Å². The smallest absolute Gasteiger partial charge is 0.319 e. The van der Waals surface area contributed by atoms with Gasteiger partial charge in [-0.2, -0.15) is 9.78 Å². The van der Waals surface area contributed by atoms with Crippen LogP contribution in [0.2, 0.25) is 0 Å². The van der Waals surface area contributed by atoms with E-state index in [0.29, 0.717) is 16.2 Å². The molecule has 0 spiro atoms. The summed E-state index contributed by atoms with van der Waals surface area (Å²) in [5, 5.41) is 9.27. The van der Waals surface area contributed by atoms with Crippen molar-refractivity contribution in [2.45, 2.75) is 19.9 Å². The van der Waals surface area contributed by atoms with Crippen molar-refractivity contribution in [1.82, 2.24) is 30.0 Å². The summed E-state index contributed by atoms with van der Waals surface area (Å²) in [5.74, 6) is 0.244. The summed E-state index contributed by atoms with van der Waals surface area (Å²) in [6.45, 7) is 3.53. The number of hydrogen-bond acceptors (Lipinski definition) is 5. The van der Waals surface area contributed by atoms with Crippen LogP contribution in [-0.2, 0) is 0 Å². The minimum atomic E-state index is -0.568. The molecular formula is C16H15BrFN7O. The molecule has 3 rings (SSSR count). The maximum Gasteiger partial charge on any atom is 0.319 e. The topological polar surface area (TPSA) is 97.6 Å². The molecule has 0 aliphatic heterocycles. The number of halogens is 2. The molecule has 0 saturated carbocycles. The molecule has 0 radical (unpaired) electrons. The number of rotatable bonds is 4. The zero-order valence-electron chi connectivity index (χ0n) is 13.9. The largest absolute Gasteiger partial charge is 0.328 e. The first-order valence-electron chi connectivity index (χ1n) is 7.66. The maximum atomic E-state index is 14.0. The number of benzene rings is 1. The monoisotopic (exact) mass is 419 g/mol. The zero-order chi connectivity index (χ0) is 18.7. The molecule has 10 heteroatoms.